The zero-order valence-corrected chi connectivity index (χ0v) is 13.3. The van der Waals surface area contributed by atoms with Gasteiger partial charge in [0, 0.05) is 17.1 Å². The van der Waals surface area contributed by atoms with Gasteiger partial charge >= 0.3 is 0 Å². The normalized spacial score (nSPS) is 12.2. The van der Waals surface area contributed by atoms with Crippen LogP contribution in [-0.4, -0.2) is 19.8 Å². The topological polar surface area (TPSA) is 93.8 Å². The van der Waals surface area contributed by atoms with Crippen LogP contribution < -0.4 is 25.1 Å². The second kappa shape index (κ2) is 5.86. The molecule has 1 aromatic heterocycles. The maximum absolute atomic E-state index is 12.5. The van der Waals surface area contributed by atoms with Crippen LogP contribution in [0.2, 0.25) is 0 Å². The molecule has 2 aromatic carbocycles. The van der Waals surface area contributed by atoms with Crippen LogP contribution >= 0.6 is 0 Å². The lowest BCUT2D eigenvalue weighted by atomic mass is 10.1. The zero-order valence-electron chi connectivity index (χ0n) is 13.3. The van der Waals surface area contributed by atoms with Crippen molar-refractivity contribution in [1.82, 2.24) is 0 Å². The number of methoxy groups -OCH3 is 1. The number of ether oxygens (including phenoxy) is 3. The van der Waals surface area contributed by atoms with Crippen molar-refractivity contribution < 1.29 is 23.4 Å². The van der Waals surface area contributed by atoms with E-state index in [-0.39, 0.29) is 17.9 Å². The molecule has 126 valence electrons. The van der Waals surface area contributed by atoms with Gasteiger partial charge < -0.3 is 23.9 Å². The number of carbonyl (C=O) groups is 1. The Labute approximate surface area is 142 Å². The maximum atomic E-state index is 12.5. The number of nitrogens with one attached hydrogen (secondary N) is 2. The number of para-hydroxylation sites is 1. The maximum Gasteiger partial charge on any atom is 0.261 e. The zero-order chi connectivity index (χ0) is 17.4. The minimum atomic E-state index is -0.447. The fourth-order valence-electron chi connectivity index (χ4n) is 2.64. The molecule has 4 rings (SSSR count). The second-order valence-corrected chi connectivity index (χ2v) is 5.39. The molecule has 2 heterocycles. The van der Waals surface area contributed by atoms with Crippen LogP contribution in [0.25, 0.3) is 11.0 Å². The summed E-state index contributed by atoms with van der Waals surface area (Å²) in [5.74, 6) is 1.26. The first-order chi connectivity index (χ1) is 12.2. The third-order valence-electron chi connectivity index (χ3n) is 3.85. The van der Waals surface area contributed by atoms with E-state index in [1.54, 1.807) is 42.5 Å². The molecule has 7 nitrogen and oxygen atoms in total. The van der Waals surface area contributed by atoms with Gasteiger partial charge in [0.25, 0.3) is 5.91 Å². The molecule has 0 aliphatic carbocycles. The van der Waals surface area contributed by atoms with Gasteiger partial charge in [-0.15, -0.1) is 0 Å². The van der Waals surface area contributed by atoms with E-state index in [4.69, 9.17) is 24.0 Å². The molecule has 0 saturated heterocycles. The van der Waals surface area contributed by atoms with Gasteiger partial charge in [0.05, 0.1) is 7.11 Å². The van der Waals surface area contributed by atoms with Gasteiger partial charge in [0.1, 0.15) is 5.56 Å². The average molecular weight is 338 g/mol. The summed E-state index contributed by atoms with van der Waals surface area (Å²) in [7, 11) is 1.52. The number of anilines is 1. The number of hydrogen-bond donors (Lipinski definition) is 2. The van der Waals surface area contributed by atoms with Crippen LogP contribution in [0.5, 0.6) is 17.2 Å². The third kappa shape index (κ3) is 2.65. The SMILES string of the molecule is COc1cccc2cc(C(=O)Nc3ccc4c(c3)OCO4)c(=N)oc12. The van der Waals surface area contributed by atoms with Crippen molar-refractivity contribution in [2.75, 3.05) is 19.2 Å². The monoisotopic (exact) mass is 338 g/mol. The lowest BCUT2D eigenvalue weighted by Crippen LogP contribution is -2.20. The number of hydrogen-bond acceptors (Lipinski definition) is 6. The van der Waals surface area contributed by atoms with E-state index in [9.17, 15) is 4.79 Å². The fraction of sp³-hybridized carbons (Fsp3) is 0.111. The molecule has 0 saturated carbocycles. The highest BCUT2D eigenvalue weighted by molar-refractivity contribution is 6.05. The summed E-state index contributed by atoms with van der Waals surface area (Å²) in [6.07, 6.45) is 0. The summed E-state index contributed by atoms with van der Waals surface area (Å²) >= 11 is 0. The number of carbonyl (C=O) groups excluding carboxylic acids is 1. The fourth-order valence-corrected chi connectivity index (χ4v) is 2.64. The molecule has 0 atom stereocenters. The standard InChI is InChI=1S/C18H14N2O5/c1-22-14-4-2-3-10-7-12(17(19)25-16(10)14)18(21)20-11-5-6-13-15(8-11)24-9-23-13/h2-8,19H,9H2,1H3,(H,20,21). The lowest BCUT2D eigenvalue weighted by Gasteiger charge is -2.08. The van der Waals surface area contributed by atoms with E-state index in [1.165, 1.54) is 7.11 Å². The van der Waals surface area contributed by atoms with Crippen molar-refractivity contribution in [2.24, 2.45) is 0 Å². The molecule has 2 N–H and O–H groups in total. The van der Waals surface area contributed by atoms with E-state index in [2.05, 4.69) is 5.32 Å². The Morgan fingerprint density at radius 1 is 1.16 bits per heavy atom. The van der Waals surface area contributed by atoms with Crippen LogP contribution in [0.3, 0.4) is 0 Å². The summed E-state index contributed by atoms with van der Waals surface area (Å²) in [4.78, 5) is 12.5. The molecule has 0 unspecified atom stereocenters. The third-order valence-corrected chi connectivity index (χ3v) is 3.85. The molecule has 1 amide bonds. The molecule has 0 bridgehead atoms. The molecular weight excluding hydrogens is 324 g/mol. The Morgan fingerprint density at radius 3 is 2.84 bits per heavy atom. The minimum absolute atomic E-state index is 0.124. The Bertz CT molecular complexity index is 1040. The molecule has 1 aliphatic rings. The van der Waals surface area contributed by atoms with Crippen molar-refractivity contribution in [3.8, 4) is 17.2 Å². The van der Waals surface area contributed by atoms with E-state index in [0.29, 0.717) is 33.9 Å². The first-order valence-corrected chi connectivity index (χ1v) is 7.52. The van der Waals surface area contributed by atoms with Crippen LogP contribution in [0.1, 0.15) is 10.4 Å². The summed E-state index contributed by atoms with van der Waals surface area (Å²) < 4.78 is 21.2. The largest absolute Gasteiger partial charge is 0.493 e. The second-order valence-electron chi connectivity index (χ2n) is 5.39. The van der Waals surface area contributed by atoms with E-state index in [0.717, 1.165) is 0 Å². The van der Waals surface area contributed by atoms with E-state index >= 15 is 0 Å². The minimum Gasteiger partial charge on any atom is -0.493 e. The van der Waals surface area contributed by atoms with Crippen molar-refractivity contribution >= 4 is 22.6 Å². The lowest BCUT2D eigenvalue weighted by molar-refractivity contribution is 0.102. The van der Waals surface area contributed by atoms with E-state index < -0.39 is 5.91 Å². The Morgan fingerprint density at radius 2 is 2.00 bits per heavy atom. The molecule has 3 aromatic rings. The summed E-state index contributed by atoms with van der Waals surface area (Å²) in [5.41, 5.74) is 0.850. The highest BCUT2D eigenvalue weighted by Crippen LogP contribution is 2.34. The predicted octanol–water partition coefficient (Wildman–Crippen LogP) is 2.90. The average Bonchev–Trinajstić information content (AvgIpc) is 3.08. The van der Waals surface area contributed by atoms with Crippen molar-refractivity contribution in [3.63, 3.8) is 0 Å². The van der Waals surface area contributed by atoms with Crippen molar-refractivity contribution in [3.05, 3.63) is 53.6 Å². The van der Waals surface area contributed by atoms with Crippen molar-refractivity contribution in [1.29, 1.82) is 5.41 Å². The van der Waals surface area contributed by atoms with Crippen LogP contribution in [0, 0.1) is 5.41 Å². The molecule has 0 spiro atoms. The summed E-state index contributed by atoms with van der Waals surface area (Å²) in [6.45, 7) is 0.162. The van der Waals surface area contributed by atoms with Gasteiger partial charge in [-0.25, -0.2) is 0 Å². The quantitative estimate of drug-likeness (QED) is 0.766. The van der Waals surface area contributed by atoms with Gasteiger partial charge in [-0.3, -0.25) is 10.2 Å². The number of amides is 1. The smallest absolute Gasteiger partial charge is 0.261 e. The molecule has 25 heavy (non-hydrogen) atoms. The Balaban J connectivity index is 1.68. The first-order valence-electron chi connectivity index (χ1n) is 7.52. The van der Waals surface area contributed by atoms with Crippen LogP contribution in [0.4, 0.5) is 5.69 Å². The first kappa shape index (κ1) is 15.1. The molecule has 7 heteroatoms. The summed E-state index contributed by atoms with van der Waals surface area (Å²) in [5, 5.41) is 11.4. The van der Waals surface area contributed by atoms with Gasteiger partial charge in [-0.05, 0) is 24.3 Å². The molecule has 0 fully saturated rings. The van der Waals surface area contributed by atoms with Gasteiger partial charge in [0.15, 0.2) is 22.8 Å². The molecular formula is C18H14N2O5. The Kier molecular flexibility index (Phi) is 3.53. The number of fused-ring (bicyclic) bond motifs is 2. The van der Waals surface area contributed by atoms with Crippen LogP contribution in [-0.2, 0) is 0 Å². The predicted molar refractivity (Wildman–Crippen MR) is 89.1 cm³/mol. The molecule has 1 aliphatic heterocycles. The van der Waals surface area contributed by atoms with Gasteiger partial charge in [-0.2, -0.15) is 0 Å². The highest BCUT2D eigenvalue weighted by atomic mass is 16.7. The Hall–Kier alpha value is -3.48. The molecule has 0 radical (unpaired) electrons. The van der Waals surface area contributed by atoms with E-state index in [1.807, 2.05) is 0 Å². The number of benzene rings is 2. The number of rotatable bonds is 3. The highest BCUT2D eigenvalue weighted by Gasteiger charge is 2.17. The van der Waals surface area contributed by atoms with Crippen LogP contribution in [0.15, 0.2) is 46.9 Å². The van der Waals surface area contributed by atoms with Crippen molar-refractivity contribution in [2.45, 2.75) is 0 Å². The summed E-state index contributed by atoms with van der Waals surface area (Å²) in [6, 6.07) is 12.0. The van der Waals surface area contributed by atoms with Gasteiger partial charge in [0.2, 0.25) is 12.3 Å². The van der Waals surface area contributed by atoms with Gasteiger partial charge in [-0.1, -0.05) is 12.1 Å².